The van der Waals surface area contributed by atoms with E-state index in [1.54, 1.807) is 11.3 Å². The number of likely N-dealkylation sites (tertiary alicyclic amines) is 1. The summed E-state index contributed by atoms with van der Waals surface area (Å²) in [6.45, 7) is 3.45. The molecule has 3 heterocycles. The van der Waals surface area contributed by atoms with Crippen molar-refractivity contribution in [1.82, 2.24) is 9.88 Å². The predicted octanol–water partition coefficient (Wildman–Crippen LogP) is 4.98. The van der Waals surface area contributed by atoms with Gasteiger partial charge >= 0.3 is 0 Å². The summed E-state index contributed by atoms with van der Waals surface area (Å²) in [5.41, 5.74) is 1.67. The van der Waals surface area contributed by atoms with E-state index in [0.29, 0.717) is 18.2 Å². The van der Waals surface area contributed by atoms with Crippen LogP contribution in [0, 0.1) is 6.92 Å². The minimum atomic E-state index is -0.0129. The number of piperidine rings is 1. The van der Waals surface area contributed by atoms with Crippen molar-refractivity contribution in [1.29, 1.82) is 0 Å². The lowest BCUT2D eigenvalue weighted by molar-refractivity contribution is 0.0676. The molecule has 0 spiro atoms. The first kappa shape index (κ1) is 15.8. The third kappa shape index (κ3) is 2.78. The Labute approximate surface area is 152 Å². The van der Waals surface area contributed by atoms with Crippen LogP contribution in [-0.2, 0) is 0 Å². The third-order valence-corrected chi connectivity index (χ3v) is 6.03. The molecule has 0 bridgehead atoms. The second kappa shape index (κ2) is 6.33. The summed E-state index contributed by atoms with van der Waals surface area (Å²) in [5.74, 6) is 0.783. The number of fused-ring (bicyclic) bond motifs is 1. The van der Waals surface area contributed by atoms with Crippen LogP contribution in [0.5, 0.6) is 0 Å². The quantitative estimate of drug-likeness (QED) is 0.604. The van der Waals surface area contributed by atoms with Gasteiger partial charge in [0.05, 0.1) is 5.01 Å². The highest BCUT2D eigenvalue weighted by Crippen LogP contribution is 2.32. The van der Waals surface area contributed by atoms with Crippen molar-refractivity contribution in [2.24, 2.45) is 0 Å². The highest BCUT2D eigenvalue weighted by Gasteiger charge is 2.29. The topological polar surface area (TPSA) is 46.3 Å². The summed E-state index contributed by atoms with van der Waals surface area (Å²) in [6, 6.07) is 5.83. The first-order valence-electron chi connectivity index (χ1n) is 8.01. The number of rotatable bonds is 2. The van der Waals surface area contributed by atoms with E-state index in [4.69, 9.17) is 4.42 Å². The second-order valence-corrected chi connectivity index (χ2v) is 8.00. The van der Waals surface area contributed by atoms with Gasteiger partial charge in [0.15, 0.2) is 5.76 Å². The number of aromatic nitrogens is 1. The zero-order chi connectivity index (χ0) is 16.7. The fourth-order valence-electron chi connectivity index (χ4n) is 3.34. The minimum absolute atomic E-state index is 0.0129. The summed E-state index contributed by atoms with van der Waals surface area (Å²) < 4.78 is 6.86. The Morgan fingerprint density at radius 2 is 2.33 bits per heavy atom. The van der Waals surface area contributed by atoms with Crippen LogP contribution in [0.2, 0.25) is 0 Å². The summed E-state index contributed by atoms with van der Waals surface area (Å²) in [4.78, 5) is 19.3. The molecule has 3 aromatic rings. The maximum Gasteiger partial charge on any atom is 0.289 e. The minimum Gasteiger partial charge on any atom is -0.451 e. The molecule has 1 atom stereocenters. The summed E-state index contributed by atoms with van der Waals surface area (Å²) in [7, 11) is 0. The van der Waals surface area contributed by atoms with Crippen LogP contribution in [0.25, 0.3) is 11.0 Å². The van der Waals surface area contributed by atoms with E-state index in [-0.39, 0.29) is 5.91 Å². The van der Waals surface area contributed by atoms with Gasteiger partial charge in [-0.1, -0.05) is 15.9 Å². The Balaban J connectivity index is 1.62. The molecule has 6 heteroatoms. The second-order valence-electron chi connectivity index (χ2n) is 6.16. The van der Waals surface area contributed by atoms with Gasteiger partial charge in [0.2, 0.25) is 0 Å². The lowest BCUT2D eigenvalue weighted by atomic mass is 9.98. The highest BCUT2D eigenvalue weighted by atomic mass is 79.9. The van der Waals surface area contributed by atoms with Gasteiger partial charge in [-0.3, -0.25) is 4.79 Å². The van der Waals surface area contributed by atoms with Crippen LogP contribution in [0.1, 0.15) is 39.9 Å². The van der Waals surface area contributed by atoms with Gasteiger partial charge in [-0.2, -0.15) is 0 Å². The van der Waals surface area contributed by atoms with Crippen molar-refractivity contribution in [3.8, 4) is 0 Å². The molecule has 1 aliphatic rings. The Bertz CT molecular complexity index is 888. The average molecular weight is 405 g/mol. The molecule has 4 rings (SSSR count). The zero-order valence-electron chi connectivity index (χ0n) is 13.3. The van der Waals surface area contributed by atoms with Crippen molar-refractivity contribution in [3.63, 3.8) is 0 Å². The van der Waals surface area contributed by atoms with E-state index >= 15 is 0 Å². The van der Waals surface area contributed by atoms with E-state index in [1.807, 2.05) is 41.6 Å². The van der Waals surface area contributed by atoms with Gasteiger partial charge in [-0.05, 0) is 38.0 Å². The summed E-state index contributed by atoms with van der Waals surface area (Å²) >= 11 is 5.15. The molecule has 1 aromatic carbocycles. The summed E-state index contributed by atoms with van der Waals surface area (Å²) in [5, 5.41) is 4.11. The van der Waals surface area contributed by atoms with E-state index in [1.165, 1.54) is 0 Å². The number of hydrogen-bond donors (Lipinski definition) is 0. The average Bonchev–Trinajstić information content (AvgIpc) is 3.24. The molecule has 124 valence electrons. The lowest BCUT2D eigenvalue weighted by Crippen LogP contribution is -2.39. The highest BCUT2D eigenvalue weighted by molar-refractivity contribution is 9.10. The van der Waals surface area contributed by atoms with Crippen LogP contribution in [0.3, 0.4) is 0 Å². The monoisotopic (exact) mass is 404 g/mol. The fraction of sp³-hybridized carbons (Fsp3) is 0.333. The third-order valence-electron chi connectivity index (χ3n) is 4.60. The molecule has 1 amide bonds. The molecule has 1 fully saturated rings. The SMILES string of the molecule is Cc1c(C(=O)N2CCCC(c3nccs3)C2)oc2ccc(Br)cc12. The number of nitrogens with zero attached hydrogens (tertiary/aromatic N) is 2. The maximum atomic E-state index is 13.0. The van der Waals surface area contributed by atoms with E-state index in [9.17, 15) is 4.79 Å². The van der Waals surface area contributed by atoms with Gasteiger partial charge in [-0.15, -0.1) is 11.3 Å². The van der Waals surface area contributed by atoms with Crippen molar-refractivity contribution in [2.75, 3.05) is 13.1 Å². The van der Waals surface area contributed by atoms with Gasteiger partial charge in [-0.25, -0.2) is 4.98 Å². The molecule has 0 saturated carbocycles. The van der Waals surface area contributed by atoms with Crippen molar-refractivity contribution >= 4 is 44.1 Å². The molecule has 0 aliphatic carbocycles. The maximum absolute atomic E-state index is 13.0. The summed E-state index contributed by atoms with van der Waals surface area (Å²) in [6.07, 6.45) is 3.92. The van der Waals surface area contributed by atoms with Gasteiger partial charge in [0, 0.05) is 46.0 Å². The molecule has 24 heavy (non-hydrogen) atoms. The molecule has 1 unspecified atom stereocenters. The standard InChI is InChI=1S/C18H17BrN2O2S/c1-11-14-9-13(19)4-5-15(14)23-16(11)18(22)21-7-2-3-12(10-21)17-20-6-8-24-17/h4-6,8-9,12H,2-3,7,10H2,1H3. The molecular weight excluding hydrogens is 388 g/mol. The van der Waals surface area contributed by atoms with Crippen LogP contribution >= 0.6 is 27.3 Å². The van der Waals surface area contributed by atoms with Crippen LogP contribution in [-0.4, -0.2) is 28.9 Å². The molecule has 4 nitrogen and oxygen atoms in total. The number of amides is 1. The number of carbonyl (C=O) groups excluding carboxylic acids is 1. The predicted molar refractivity (Wildman–Crippen MR) is 98.6 cm³/mol. The smallest absolute Gasteiger partial charge is 0.289 e. The first-order chi connectivity index (χ1) is 11.6. The first-order valence-corrected chi connectivity index (χ1v) is 9.68. The van der Waals surface area contributed by atoms with Crippen molar-refractivity contribution in [2.45, 2.75) is 25.7 Å². The Morgan fingerprint density at radius 3 is 3.12 bits per heavy atom. The number of hydrogen-bond acceptors (Lipinski definition) is 4. The fourth-order valence-corrected chi connectivity index (χ4v) is 4.47. The lowest BCUT2D eigenvalue weighted by Gasteiger charge is -2.31. The van der Waals surface area contributed by atoms with E-state index < -0.39 is 0 Å². The molecule has 0 N–H and O–H groups in total. The van der Waals surface area contributed by atoms with Crippen LogP contribution in [0.15, 0.2) is 38.7 Å². The van der Waals surface area contributed by atoms with Crippen molar-refractivity contribution < 1.29 is 9.21 Å². The number of aryl methyl sites for hydroxylation is 1. The van der Waals surface area contributed by atoms with Gasteiger partial charge in [0.1, 0.15) is 5.58 Å². The van der Waals surface area contributed by atoms with E-state index in [2.05, 4.69) is 20.9 Å². The Morgan fingerprint density at radius 1 is 1.46 bits per heavy atom. The van der Waals surface area contributed by atoms with Crippen LogP contribution < -0.4 is 0 Å². The number of benzene rings is 1. The largest absolute Gasteiger partial charge is 0.451 e. The number of halogens is 1. The molecule has 0 radical (unpaired) electrons. The van der Waals surface area contributed by atoms with E-state index in [0.717, 1.165) is 45.4 Å². The van der Waals surface area contributed by atoms with Crippen molar-refractivity contribution in [3.05, 3.63) is 50.6 Å². The number of furan rings is 1. The molecule has 1 aliphatic heterocycles. The van der Waals surface area contributed by atoms with Gasteiger partial charge in [0.25, 0.3) is 5.91 Å². The zero-order valence-corrected chi connectivity index (χ0v) is 15.7. The Kier molecular flexibility index (Phi) is 4.18. The normalized spacial score (nSPS) is 18.2. The number of thiazole rings is 1. The Hall–Kier alpha value is -1.66. The number of carbonyl (C=O) groups is 1. The molecule has 2 aromatic heterocycles. The molecule has 1 saturated heterocycles. The van der Waals surface area contributed by atoms with Gasteiger partial charge < -0.3 is 9.32 Å². The van der Waals surface area contributed by atoms with Crippen LogP contribution in [0.4, 0.5) is 0 Å². The molecular formula is C18H17BrN2O2S.